The molecule has 1 aliphatic heterocycles. The molecule has 1 atom stereocenters. The lowest BCUT2D eigenvalue weighted by Gasteiger charge is -2.16. The first kappa shape index (κ1) is 15.7. The molecular formula is C15H25NO3. The van der Waals surface area contributed by atoms with Crippen LogP contribution >= 0.6 is 0 Å². The van der Waals surface area contributed by atoms with Gasteiger partial charge in [-0.05, 0) is 33.6 Å². The van der Waals surface area contributed by atoms with Gasteiger partial charge in [-0.3, -0.25) is 9.59 Å². The number of hydrogen-bond donors (Lipinski definition) is 1. The molecule has 1 rings (SSSR count). The summed E-state index contributed by atoms with van der Waals surface area (Å²) < 4.78 is 5.57. The fraction of sp³-hybridized carbons (Fsp3) is 0.733. The average Bonchev–Trinajstić information content (AvgIpc) is 2.38. The highest BCUT2D eigenvalue weighted by Crippen LogP contribution is 2.13. The lowest BCUT2D eigenvalue weighted by molar-refractivity contribution is -0.125. The van der Waals surface area contributed by atoms with E-state index in [-0.39, 0.29) is 17.7 Å². The molecule has 0 aromatic carbocycles. The molecule has 0 fully saturated rings. The van der Waals surface area contributed by atoms with Gasteiger partial charge in [0, 0.05) is 0 Å². The molecule has 19 heavy (non-hydrogen) atoms. The number of ether oxygens (including phenoxy) is 1. The number of ketones is 1. The van der Waals surface area contributed by atoms with Crippen molar-refractivity contribution in [2.24, 2.45) is 0 Å². The first-order valence-electron chi connectivity index (χ1n) is 7.14. The molecule has 0 bridgehead atoms. The van der Waals surface area contributed by atoms with E-state index in [1.807, 2.05) is 0 Å². The van der Waals surface area contributed by atoms with Gasteiger partial charge in [-0.25, -0.2) is 0 Å². The highest BCUT2D eigenvalue weighted by molar-refractivity contribution is 5.96. The summed E-state index contributed by atoms with van der Waals surface area (Å²) in [6, 6.07) is -0.365. The summed E-state index contributed by atoms with van der Waals surface area (Å²) in [6.45, 7) is 5.73. The van der Waals surface area contributed by atoms with Gasteiger partial charge in [-0.1, -0.05) is 25.7 Å². The van der Waals surface area contributed by atoms with Crippen LogP contribution in [0.3, 0.4) is 0 Å². The van der Waals surface area contributed by atoms with E-state index in [0.717, 1.165) is 38.5 Å². The Morgan fingerprint density at radius 2 is 1.79 bits per heavy atom. The average molecular weight is 267 g/mol. The predicted molar refractivity (Wildman–Crippen MR) is 74.6 cm³/mol. The van der Waals surface area contributed by atoms with Crippen molar-refractivity contribution in [1.29, 1.82) is 0 Å². The summed E-state index contributed by atoms with van der Waals surface area (Å²) in [6.07, 6.45) is 6.12. The fourth-order valence-corrected chi connectivity index (χ4v) is 2.12. The van der Waals surface area contributed by atoms with Crippen molar-refractivity contribution in [3.63, 3.8) is 0 Å². The molecule has 0 aromatic rings. The molecule has 0 saturated carbocycles. The van der Waals surface area contributed by atoms with E-state index in [9.17, 15) is 9.59 Å². The molecule has 4 nitrogen and oxygen atoms in total. The maximum absolute atomic E-state index is 12.0. The molecule has 0 saturated heterocycles. The largest absolute Gasteiger partial charge is 0.498 e. The minimum Gasteiger partial charge on any atom is -0.498 e. The van der Waals surface area contributed by atoms with Crippen LogP contribution in [-0.4, -0.2) is 24.3 Å². The van der Waals surface area contributed by atoms with Gasteiger partial charge in [-0.15, -0.1) is 0 Å². The van der Waals surface area contributed by atoms with Gasteiger partial charge in [0.2, 0.25) is 0 Å². The summed E-state index contributed by atoms with van der Waals surface area (Å²) >= 11 is 0. The van der Waals surface area contributed by atoms with E-state index in [1.165, 1.54) is 6.92 Å². The van der Waals surface area contributed by atoms with Crippen LogP contribution in [0.25, 0.3) is 0 Å². The van der Waals surface area contributed by atoms with Crippen LogP contribution in [0.15, 0.2) is 11.3 Å². The van der Waals surface area contributed by atoms with Crippen LogP contribution in [0, 0.1) is 0 Å². The van der Waals surface area contributed by atoms with Crippen LogP contribution in [-0.2, 0) is 14.3 Å². The van der Waals surface area contributed by atoms with Gasteiger partial charge in [0.15, 0.2) is 5.78 Å². The summed E-state index contributed by atoms with van der Waals surface area (Å²) in [4.78, 5) is 23.6. The Morgan fingerprint density at radius 3 is 2.47 bits per heavy atom. The summed E-state index contributed by atoms with van der Waals surface area (Å²) in [7, 11) is 0. The summed E-state index contributed by atoms with van der Waals surface area (Å²) in [5.74, 6) is 0.477. The second-order valence-electron chi connectivity index (χ2n) is 5.22. The number of amides is 1. The molecule has 1 heterocycles. The normalized spacial score (nSPS) is 27.3. The first-order valence-corrected chi connectivity index (χ1v) is 7.14. The maximum Gasteiger partial charge on any atom is 0.250 e. The molecular weight excluding hydrogens is 242 g/mol. The number of carbonyl (C=O) groups is 2. The van der Waals surface area contributed by atoms with Gasteiger partial charge >= 0.3 is 0 Å². The van der Waals surface area contributed by atoms with Gasteiger partial charge in [-0.2, -0.15) is 0 Å². The van der Waals surface area contributed by atoms with Crippen molar-refractivity contribution in [2.45, 2.75) is 65.3 Å². The summed E-state index contributed by atoms with van der Waals surface area (Å²) in [5, 5.41) is 2.81. The van der Waals surface area contributed by atoms with Crippen molar-refractivity contribution >= 4 is 11.7 Å². The highest BCUT2D eigenvalue weighted by Gasteiger charge is 2.19. The SMILES string of the molecule is CC(=O)C1CCCCCCCO/C(C)=C(/C)C(=O)N1. The zero-order valence-electron chi connectivity index (χ0n) is 12.3. The van der Waals surface area contributed by atoms with Crippen LogP contribution in [0.2, 0.25) is 0 Å². The van der Waals surface area contributed by atoms with Crippen molar-refractivity contribution < 1.29 is 14.3 Å². The molecule has 0 aliphatic carbocycles. The summed E-state index contributed by atoms with van der Waals surface area (Å²) in [5.41, 5.74) is 0.561. The maximum atomic E-state index is 12.0. The lowest BCUT2D eigenvalue weighted by atomic mass is 10.0. The Balaban J connectivity index is 2.77. The van der Waals surface area contributed by atoms with E-state index in [1.54, 1.807) is 13.8 Å². The van der Waals surface area contributed by atoms with Gasteiger partial charge < -0.3 is 10.1 Å². The second kappa shape index (κ2) is 7.97. The predicted octanol–water partition coefficient (Wildman–Crippen LogP) is 2.72. The van der Waals surface area contributed by atoms with Gasteiger partial charge in [0.05, 0.1) is 18.2 Å². The van der Waals surface area contributed by atoms with Crippen molar-refractivity contribution in [2.75, 3.05) is 6.61 Å². The Kier molecular flexibility index (Phi) is 6.60. The molecule has 1 N–H and O–H groups in total. The molecule has 4 heteroatoms. The smallest absolute Gasteiger partial charge is 0.250 e. The van der Waals surface area contributed by atoms with Crippen LogP contribution in [0.4, 0.5) is 0 Å². The van der Waals surface area contributed by atoms with Gasteiger partial charge in [0.1, 0.15) is 5.76 Å². The van der Waals surface area contributed by atoms with E-state index in [4.69, 9.17) is 4.74 Å². The van der Waals surface area contributed by atoms with Crippen LogP contribution in [0.1, 0.15) is 59.3 Å². The molecule has 1 unspecified atom stereocenters. The molecule has 1 amide bonds. The van der Waals surface area contributed by atoms with E-state index < -0.39 is 0 Å². The number of hydrogen-bond acceptors (Lipinski definition) is 3. The number of Topliss-reactive ketones (excluding diaryl/α,β-unsaturated/α-hetero) is 1. The Morgan fingerprint density at radius 1 is 1.16 bits per heavy atom. The molecule has 0 radical (unpaired) electrons. The quantitative estimate of drug-likeness (QED) is 0.794. The Hall–Kier alpha value is -1.32. The minimum absolute atomic E-state index is 0.0228. The highest BCUT2D eigenvalue weighted by atomic mass is 16.5. The second-order valence-corrected chi connectivity index (χ2v) is 5.22. The number of carbonyl (C=O) groups excluding carboxylic acids is 2. The number of rotatable bonds is 1. The number of allylic oxidation sites excluding steroid dienone is 1. The van der Waals surface area contributed by atoms with Gasteiger partial charge in [0.25, 0.3) is 5.91 Å². The van der Waals surface area contributed by atoms with Crippen molar-refractivity contribution in [3.8, 4) is 0 Å². The van der Waals surface area contributed by atoms with E-state index >= 15 is 0 Å². The number of nitrogens with one attached hydrogen (secondary N) is 1. The standard InChI is InChI=1S/C15H25NO3/c1-11-13(3)19-10-8-6-4-5-7-9-14(12(2)17)16-15(11)18/h14H,4-10H2,1-3H3,(H,16,18)/b13-11-. The van der Waals surface area contributed by atoms with Crippen molar-refractivity contribution in [1.82, 2.24) is 5.32 Å². The molecule has 0 spiro atoms. The molecule has 108 valence electrons. The fourth-order valence-electron chi connectivity index (χ4n) is 2.12. The zero-order valence-corrected chi connectivity index (χ0v) is 12.3. The zero-order chi connectivity index (χ0) is 14.3. The lowest BCUT2D eigenvalue weighted by Crippen LogP contribution is -2.40. The topological polar surface area (TPSA) is 55.4 Å². The third kappa shape index (κ3) is 5.45. The van der Waals surface area contributed by atoms with Crippen LogP contribution in [0.5, 0.6) is 0 Å². The molecule has 0 aromatic heterocycles. The van der Waals surface area contributed by atoms with E-state index in [0.29, 0.717) is 17.9 Å². The Labute approximate surface area is 115 Å². The van der Waals surface area contributed by atoms with E-state index in [2.05, 4.69) is 5.32 Å². The first-order chi connectivity index (χ1) is 9.02. The molecule has 1 aliphatic rings. The van der Waals surface area contributed by atoms with Crippen molar-refractivity contribution in [3.05, 3.63) is 11.3 Å². The third-order valence-electron chi connectivity index (χ3n) is 3.62. The monoisotopic (exact) mass is 267 g/mol. The minimum atomic E-state index is -0.365. The Bertz CT molecular complexity index is 360. The van der Waals surface area contributed by atoms with Crippen LogP contribution < -0.4 is 5.32 Å². The third-order valence-corrected chi connectivity index (χ3v) is 3.62.